The number of allylic oxidation sites excluding steroid dienone is 5. The number of hydrogen-bond acceptors (Lipinski definition) is 2. The number of hydrogen-bond donors (Lipinski definition) is 1. The van der Waals surface area contributed by atoms with E-state index in [1.165, 1.54) is 33.7 Å². The molecule has 3 rings (SSSR count). The van der Waals surface area contributed by atoms with Gasteiger partial charge in [0.25, 0.3) is 0 Å². The quantitative estimate of drug-likeness (QED) is 0.688. The summed E-state index contributed by atoms with van der Waals surface area (Å²) < 4.78 is 3.17. The van der Waals surface area contributed by atoms with E-state index < -0.39 is 0 Å². The third-order valence-corrected chi connectivity index (χ3v) is 5.53. The lowest BCUT2D eigenvalue weighted by molar-refractivity contribution is -0.462. The molecule has 1 N–H and O–H groups in total. The largest absolute Gasteiger partial charge is 1.00 e. The third-order valence-electron chi connectivity index (χ3n) is 4.87. The number of nitrogens with one attached hydrogen (secondary N) is 1. The smallest absolute Gasteiger partial charge is 0.199 e. The predicted octanol–water partition coefficient (Wildman–Crippen LogP) is 2.20. The van der Waals surface area contributed by atoms with Crippen molar-refractivity contribution in [3.05, 3.63) is 87.9 Å². The van der Waals surface area contributed by atoms with Crippen molar-refractivity contribution in [3.63, 3.8) is 0 Å². The lowest BCUT2D eigenvalue weighted by Gasteiger charge is -2.17. The Morgan fingerprint density at radius 2 is 1.48 bits per heavy atom. The average molecular weight is 473 g/mol. The van der Waals surface area contributed by atoms with Gasteiger partial charge < -0.3 is 22.6 Å². The molecule has 0 bridgehead atoms. The van der Waals surface area contributed by atoms with Gasteiger partial charge in [-0.25, -0.2) is 4.58 Å². The van der Waals surface area contributed by atoms with Crippen LogP contribution in [0.4, 0.5) is 11.4 Å². The maximum Gasteiger partial charge on any atom is 0.199 e. The number of nitrogens with zero attached hydrogens (tertiary/aromatic N) is 2. The first-order valence-electron chi connectivity index (χ1n) is 9.31. The van der Waals surface area contributed by atoms with Gasteiger partial charge in [-0.1, -0.05) is 18.2 Å². The Hall–Kier alpha value is -2.30. The monoisotopic (exact) mass is 471 g/mol. The van der Waals surface area contributed by atoms with Crippen molar-refractivity contribution in [1.82, 2.24) is 0 Å². The van der Waals surface area contributed by atoms with Crippen LogP contribution in [0.5, 0.6) is 0 Å². The molecule has 2 aromatic rings. The minimum absolute atomic E-state index is 0. The van der Waals surface area contributed by atoms with Crippen LogP contribution in [0.15, 0.2) is 76.8 Å². The van der Waals surface area contributed by atoms with Gasteiger partial charge >= 0.3 is 0 Å². The molecule has 0 aromatic heterocycles. The minimum atomic E-state index is 0. The predicted molar refractivity (Wildman–Crippen MR) is 126 cm³/mol. The first-order valence-corrected chi connectivity index (χ1v) is 10.1. The van der Waals surface area contributed by atoms with Gasteiger partial charge in [-0.2, -0.15) is 0 Å². The Labute approximate surface area is 188 Å². The molecule has 152 valence electrons. The van der Waals surface area contributed by atoms with E-state index in [0.717, 1.165) is 10.2 Å². The molecule has 5 heteroatoms. The van der Waals surface area contributed by atoms with Crippen molar-refractivity contribution >= 4 is 38.6 Å². The fourth-order valence-corrected chi connectivity index (χ4v) is 3.80. The van der Waals surface area contributed by atoms with E-state index in [2.05, 4.69) is 126 Å². The van der Waals surface area contributed by atoms with E-state index in [0.29, 0.717) is 0 Å². The standard InChI is InChI=1S/C24H26BrN3.ClH/c1-26-23-15-10-19(16-22(23)25)24(17-6-11-20(12-7-17)27(2)3)18-8-13-21(14-9-18)28(4)5;/h6-16H,1-5H3;1H. The molecule has 2 aromatic carbocycles. The number of halogens is 2. The fraction of sp³-hybridized carbons (Fsp3) is 0.208. The van der Waals surface area contributed by atoms with Gasteiger partial charge in [0.1, 0.15) is 14.1 Å². The second-order valence-corrected chi connectivity index (χ2v) is 8.06. The molecule has 0 atom stereocenters. The van der Waals surface area contributed by atoms with Crippen LogP contribution >= 0.6 is 15.9 Å². The summed E-state index contributed by atoms with van der Waals surface area (Å²) in [6.45, 7) is 0. The van der Waals surface area contributed by atoms with E-state index >= 15 is 0 Å². The van der Waals surface area contributed by atoms with E-state index in [-0.39, 0.29) is 12.4 Å². The van der Waals surface area contributed by atoms with E-state index in [4.69, 9.17) is 0 Å². The summed E-state index contributed by atoms with van der Waals surface area (Å²) in [5.41, 5.74) is 8.27. The number of benzene rings is 2. The van der Waals surface area contributed by atoms with Gasteiger partial charge in [0.15, 0.2) is 5.71 Å². The van der Waals surface area contributed by atoms with Crippen LogP contribution in [0.1, 0.15) is 11.1 Å². The SMILES string of the molecule is CNc1ccc(C(=C2C=CC(=[N+](C)C)C=C2)c2ccc(N(C)C)cc2)cc1Br.[Cl-]. The zero-order valence-electron chi connectivity index (χ0n) is 17.5. The summed E-state index contributed by atoms with van der Waals surface area (Å²) in [4.78, 5) is 2.12. The summed E-state index contributed by atoms with van der Waals surface area (Å²) in [6.07, 6.45) is 8.73. The van der Waals surface area contributed by atoms with E-state index in [1.54, 1.807) is 0 Å². The highest BCUT2D eigenvalue weighted by atomic mass is 79.9. The van der Waals surface area contributed by atoms with Crippen molar-refractivity contribution in [2.45, 2.75) is 0 Å². The van der Waals surface area contributed by atoms with Crippen molar-refractivity contribution < 1.29 is 17.0 Å². The van der Waals surface area contributed by atoms with Crippen LogP contribution in [-0.2, 0) is 0 Å². The van der Waals surface area contributed by atoms with Gasteiger partial charge in [0, 0.05) is 49.1 Å². The van der Waals surface area contributed by atoms with Crippen molar-refractivity contribution in [2.75, 3.05) is 45.5 Å². The summed E-state index contributed by atoms with van der Waals surface area (Å²) in [5, 5.41) is 3.21. The fourth-order valence-electron chi connectivity index (χ4n) is 3.23. The van der Waals surface area contributed by atoms with Gasteiger partial charge in [-0.05, 0) is 74.6 Å². The Morgan fingerprint density at radius 3 is 1.97 bits per heavy atom. The molecule has 0 unspecified atom stereocenters. The van der Waals surface area contributed by atoms with Crippen LogP contribution in [0.2, 0.25) is 0 Å². The summed E-state index contributed by atoms with van der Waals surface area (Å²) >= 11 is 3.69. The average Bonchev–Trinajstić information content (AvgIpc) is 2.69. The van der Waals surface area contributed by atoms with Gasteiger partial charge in [0.05, 0.1) is 0 Å². The Kier molecular flexibility index (Phi) is 7.88. The van der Waals surface area contributed by atoms with Crippen LogP contribution in [0, 0.1) is 0 Å². The Balaban J connectivity index is 0.00000300. The third kappa shape index (κ3) is 5.20. The van der Waals surface area contributed by atoms with Crippen LogP contribution in [-0.4, -0.2) is 45.5 Å². The molecule has 0 radical (unpaired) electrons. The molecule has 0 fully saturated rings. The molecule has 0 amide bonds. The van der Waals surface area contributed by atoms with Crippen LogP contribution in [0.3, 0.4) is 0 Å². The van der Waals surface area contributed by atoms with Crippen LogP contribution in [0.25, 0.3) is 5.57 Å². The molecule has 1 aliphatic rings. The van der Waals surface area contributed by atoms with E-state index in [1.807, 2.05) is 7.05 Å². The molecule has 3 nitrogen and oxygen atoms in total. The summed E-state index contributed by atoms with van der Waals surface area (Å²) in [7, 11) is 10.2. The van der Waals surface area contributed by atoms with Crippen LogP contribution < -0.4 is 22.6 Å². The van der Waals surface area contributed by atoms with Crippen molar-refractivity contribution in [2.24, 2.45) is 0 Å². The molecule has 29 heavy (non-hydrogen) atoms. The highest BCUT2D eigenvalue weighted by molar-refractivity contribution is 9.10. The van der Waals surface area contributed by atoms with Gasteiger partial charge in [-0.15, -0.1) is 0 Å². The highest BCUT2D eigenvalue weighted by Gasteiger charge is 2.14. The lowest BCUT2D eigenvalue weighted by atomic mass is 9.90. The summed E-state index contributed by atoms with van der Waals surface area (Å²) in [5.74, 6) is 0. The first kappa shape index (κ1) is 23.0. The Morgan fingerprint density at radius 1 is 0.897 bits per heavy atom. The van der Waals surface area contributed by atoms with E-state index in [9.17, 15) is 0 Å². The van der Waals surface area contributed by atoms with Gasteiger partial charge in [-0.3, -0.25) is 0 Å². The zero-order valence-corrected chi connectivity index (χ0v) is 19.8. The molecule has 0 spiro atoms. The molecule has 0 saturated carbocycles. The number of rotatable bonds is 4. The molecule has 1 aliphatic carbocycles. The lowest BCUT2D eigenvalue weighted by Crippen LogP contribution is -3.00. The molecule has 0 aliphatic heterocycles. The first-order chi connectivity index (χ1) is 13.4. The maximum atomic E-state index is 3.69. The number of anilines is 2. The molecule has 0 saturated heterocycles. The van der Waals surface area contributed by atoms with Crippen molar-refractivity contribution in [1.29, 1.82) is 0 Å². The highest BCUT2D eigenvalue weighted by Crippen LogP contribution is 2.34. The minimum Gasteiger partial charge on any atom is -1.00 e. The molecular formula is C24H27BrClN3. The maximum absolute atomic E-state index is 3.69. The van der Waals surface area contributed by atoms with Gasteiger partial charge in [0.2, 0.25) is 0 Å². The van der Waals surface area contributed by atoms with Crippen molar-refractivity contribution in [3.8, 4) is 0 Å². The second kappa shape index (κ2) is 9.95. The normalized spacial score (nSPS) is 12.5. The molecule has 0 heterocycles. The summed E-state index contributed by atoms with van der Waals surface area (Å²) in [6, 6.07) is 15.2. The second-order valence-electron chi connectivity index (χ2n) is 7.20. The Bertz CT molecular complexity index is 977. The zero-order chi connectivity index (χ0) is 20.3. The molecular weight excluding hydrogens is 446 g/mol. The topological polar surface area (TPSA) is 18.3 Å².